The molecule has 0 atom stereocenters. The number of hydrogen-bond donors (Lipinski definition) is 0. The minimum absolute atomic E-state index is 0.0870. The van der Waals surface area contributed by atoms with Crippen molar-refractivity contribution in [1.29, 1.82) is 0 Å². The molecule has 0 aliphatic rings. The summed E-state index contributed by atoms with van der Waals surface area (Å²) in [6.07, 6.45) is -2.55. The minimum atomic E-state index is -4.43. The van der Waals surface area contributed by atoms with Gasteiger partial charge in [-0.3, -0.25) is 9.48 Å². The van der Waals surface area contributed by atoms with Crippen molar-refractivity contribution in [1.82, 2.24) is 9.78 Å². The number of alkyl halides is 3. The number of hydrogen-bond acceptors (Lipinski definition) is 2. The maximum absolute atomic E-state index is 14.5. The summed E-state index contributed by atoms with van der Waals surface area (Å²) in [5.41, 5.74) is 1.69. The Morgan fingerprint density at radius 2 is 1.79 bits per heavy atom. The zero-order valence-electron chi connectivity index (χ0n) is 14.9. The topological polar surface area (TPSA) is 34.9 Å². The van der Waals surface area contributed by atoms with Crippen LogP contribution in [0.4, 0.5) is 17.6 Å². The van der Waals surface area contributed by atoms with Gasteiger partial charge in [0.1, 0.15) is 12.0 Å². The predicted octanol–water partition coefficient (Wildman–Crippen LogP) is 5.54. The SMILES string of the molecule is Cc1cc(C(F)=Cc2ccc(C(F)(F)F)cc2)nn1Cc1cccc(C=O)c1. The number of aromatic nitrogens is 2. The van der Waals surface area contributed by atoms with Crippen molar-refractivity contribution >= 4 is 18.2 Å². The molecule has 0 N–H and O–H groups in total. The maximum atomic E-state index is 14.5. The molecule has 0 aliphatic carbocycles. The minimum Gasteiger partial charge on any atom is -0.298 e. The number of aryl methyl sites for hydroxylation is 1. The van der Waals surface area contributed by atoms with Gasteiger partial charge in [-0.05, 0) is 48.4 Å². The van der Waals surface area contributed by atoms with Gasteiger partial charge in [0.15, 0.2) is 5.83 Å². The van der Waals surface area contributed by atoms with E-state index in [1.54, 1.807) is 35.9 Å². The summed E-state index contributed by atoms with van der Waals surface area (Å²) in [5.74, 6) is -0.650. The third-order valence-electron chi connectivity index (χ3n) is 4.18. The molecule has 0 unspecified atom stereocenters. The molecule has 3 rings (SSSR count). The van der Waals surface area contributed by atoms with Gasteiger partial charge in [0.05, 0.1) is 12.1 Å². The van der Waals surface area contributed by atoms with Gasteiger partial charge in [-0.1, -0.05) is 30.3 Å². The smallest absolute Gasteiger partial charge is 0.298 e. The Bertz CT molecular complexity index is 1020. The molecular weight excluding hydrogens is 372 g/mol. The van der Waals surface area contributed by atoms with Gasteiger partial charge in [-0.2, -0.15) is 18.3 Å². The zero-order chi connectivity index (χ0) is 20.3. The number of rotatable bonds is 5. The fourth-order valence-electron chi connectivity index (χ4n) is 2.71. The Balaban J connectivity index is 1.81. The molecule has 0 spiro atoms. The standard InChI is InChI=1S/C21H16F4N2O/c1-14-9-20(26-27(14)12-16-3-2-4-17(10-16)13-28)19(22)11-15-5-7-18(8-6-15)21(23,24)25/h2-11,13H,12H2,1H3. The Hall–Kier alpha value is -3.22. The highest BCUT2D eigenvalue weighted by molar-refractivity contribution is 5.75. The van der Waals surface area contributed by atoms with Crippen molar-refractivity contribution in [3.8, 4) is 0 Å². The first-order valence-corrected chi connectivity index (χ1v) is 8.39. The highest BCUT2D eigenvalue weighted by Crippen LogP contribution is 2.29. The molecule has 0 bridgehead atoms. The lowest BCUT2D eigenvalue weighted by molar-refractivity contribution is -0.137. The van der Waals surface area contributed by atoms with Crippen LogP contribution in [-0.4, -0.2) is 16.1 Å². The molecule has 1 aromatic heterocycles. The molecule has 0 amide bonds. The van der Waals surface area contributed by atoms with E-state index in [-0.39, 0.29) is 5.69 Å². The number of carbonyl (C=O) groups is 1. The monoisotopic (exact) mass is 388 g/mol. The normalized spacial score (nSPS) is 12.2. The average Bonchev–Trinajstić information content (AvgIpc) is 3.02. The van der Waals surface area contributed by atoms with Gasteiger partial charge >= 0.3 is 6.18 Å². The lowest BCUT2D eigenvalue weighted by Gasteiger charge is -2.06. The molecule has 0 saturated carbocycles. The molecule has 1 heterocycles. The molecule has 0 fully saturated rings. The number of benzene rings is 2. The largest absolute Gasteiger partial charge is 0.416 e. The Kier molecular flexibility index (Phi) is 5.44. The summed E-state index contributed by atoms with van der Waals surface area (Å²) in [7, 11) is 0. The van der Waals surface area contributed by atoms with E-state index in [0.717, 1.165) is 30.1 Å². The lowest BCUT2D eigenvalue weighted by Crippen LogP contribution is -2.04. The highest BCUT2D eigenvalue weighted by atomic mass is 19.4. The molecule has 28 heavy (non-hydrogen) atoms. The van der Waals surface area contributed by atoms with Crippen molar-refractivity contribution in [3.05, 3.63) is 88.2 Å². The van der Waals surface area contributed by atoms with Crippen molar-refractivity contribution in [2.45, 2.75) is 19.6 Å². The second-order valence-electron chi connectivity index (χ2n) is 6.30. The Morgan fingerprint density at radius 1 is 1.07 bits per heavy atom. The van der Waals surface area contributed by atoms with Crippen LogP contribution in [0.5, 0.6) is 0 Å². The van der Waals surface area contributed by atoms with Gasteiger partial charge in [0.2, 0.25) is 0 Å². The van der Waals surface area contributed by atoms with Crippen LogP contribution in [0, 0.1) is 6.92 Å². The molecular formula is C21H16F4N2O. The molecule has 3 nitrogen and oxygen atoms in total. The first kappa shape index (κ1) is 19.5. The van der Waals surface area contributed by atoms with Crippen LogP contribution in [0.2, 0.25) is 0 Å². The second-order valence-corrected chi connectivity index (χ2v) is 6.30. The van der Waals surface area contributed by atoms with Crippen molar-refractivity contribution in [2.24, 2.45) is 0 Å². The second kappa shape index (κ2) is 7.80. The van der Waals surface area contributed by atoms with Crippen molar-refractivity contribution < 1.29 is 22.4 Å². The molecule has 0 aliphatic heterocycles. The van der Waals surface area contributed by atoms with Crippen LogP contribution in [0.1, 0.15) is 38.4 Å². The molecule has 3 aromatic rings. The molecule has 144 valence electrons. The molecule has 2 aromatic carbocycles. The van der Waals surface area contributed by atoms with Gasteiger partial charge in [-0.15, -0.1) is 0 Å². The van der Waals surface area contributed by atoms with E-state index < -0.39 is 17.6 Å². The van der Waals surface area contributed by atoms with Crippen LogP contribution in [0.3, 0.4) is 0 Å². The quantitative estimate of drug-likeness (QED) is 0.425. The van der Waals surface area contributed by atoms with E-state index in [1.807, 2.05) is 6.07 Å². The summed E-state index contributed by atoms with van der Waals surface area (Å²) >= 11 is 0. The van der Waals surface area contributed by atoms with Crippen LogP contribution in [0.25, 0.3) is 11.9 Å². The first-order chi connectivity index (χ1) is 13.3. The summed E-state index contributed by atoms with van der Waals surface area (Å²) < 4.78 is 53.9. The van der Waals surface area contributed by atoms with Crippen molar-refractivity contribution in [2.75, 3.05) is 0 Å². The Morgan fingerprint density at radius 3 is 2.43 bits per heavy atom. The lowest BCUT2D eigenvalue weighted by atomic mass is 10.1. The van der Waals surface area contributed by atoms with E-state index in [4.69, 9.17) is 0 Å². The fourth-order valence-corrected chi connectivity index (χ4v) is 2.71. The van der Waals surface area contributed by atoms with Gasteiger partial charge < -0.3 is 0 Å². The van der Waals surface area contributed by atoms with Crippen LogP contribution in [-0.2, 0) is 12.7 Å². The summed E-state index contributed by atoms with van der Waals surface area (Å²) in [6.45, 7) is 2.13. The summed E-state index contributed by atoms with van der Waals surface area (Å²) in [4.78, 5) is 10.9. The van der Waals surface area contributed by atoms with Gasteiger partial charge in [-0.25, -0.2) is 4.39 Å². The Labute approximate surface area is 158 Å². The third-order valence-corrected chi connectivity index (χ3v) is 4.18. The molecule has 0 saturated heterocycles. The van der Waals surface area contributed by atoms with Gasteiger partial charge in [0, 0.05) is 11.3 Å². The van der Waals surface area contributed by atoms with Gasteiger partial charge in [0.25, 0.3) is 0 Å². The number of carbonyl (C=O) groups excluding carboxylic acids is 1. The van der Waals surface area contributed by atoms with E-state index in [1.165, 1.54) is 12.1 Å². The summed E-state index contributed by atoms with van der Waals surface area (Å²) in [5, 5.41) is 4.22. The zero-order valence-corrected chi connectivity index (χ0v) is 14.9. The van der Waals surface area contributed by atoms with Crippen molar-refractivity contribution in [3.63, 3.8) is 0 Å². The number of halogens is 4. The predicted molar refractivity (Wildman–Crippen MR) is 98.3 cm³/mol. The summed E-state index contributed by atoms with van der Waals surface area (Å²) in [6, 6.07) is 12.8. The van der Waals surface area contributed by atoms with E-state index in [9.17, 15) is 22.4 Å². The maximum Gasteiger partial charge on any atom is 0.416 e. The first-order valence-electron chi connectivity index (χ1n) is 8.39. The molecule has 0 radical (unpaired) electrons. The number of nitrogens with zero attached hydrogens (tertiary/aromatic N) is 2. The van der Waals surface area contributed by atoms with Crippen LogP contribution >= 0.6 is 0 Å². The van der Waals surface area contributed by atoms with Crippen LogP contribution < -0.4 is 0 Å². The number of aldehydes is 1. The average molecular weight is 388 g/mol. The van der Waals surface area contributed by atoms with E-state index in [0.29, 0.717) is 23.4 Å². The van der Waals surface area contributed by atoms with E-state index >= 15 is 0 Å². The van der Waals surface area contributed by atoms with Crippen LogP contribution in [0.15, 0.2) is 54.6 Å². The highest BCUT2D eigenvalue weighted by Gasteiger charge is 2.29. The fraction of sp³-hybridized carbons (Fsp3) is 0.143. The molecule has 7 heteroatoms. The van der Waals surface area contributed by atoms with E-state index in [2.05, 4.69) is 5.10 Å². The third kappa shape index (κ3) is 4.54.